The van der Waals surface area contributed by atoms with Crippen molar-refractivity contribution in [2.24, 2.45) is 51.2 Å². The van der Waals surface area contributed by atoms with Crippen LogP contribution in [0.15, 0.2) is 33.8 Å². The Balaban J connectivity index is 1.36. The largest absolute Gasteiger partial charge is 0.475 e. The van der Waals surface area contributed by atoms with E-state index in [2.05, 4.69) is 48.1 Å². The molecule has 2 heterocycles. The number of rotatable bonds is 5. The Morgan fingerprint density at radius 1 is 0.977 bits per heavy atom. The minimum absolute atomic E-state index is 0.0287. The quantitative estimate of drug-likeness (QED) is 0.335. The number of fused-ring (bicyclic) bond motifs is 7. The second-order valence-electron chi connectivity index (χ2n) is 16.5. The molecule has 0 spiro atoms. The van der Waals surface area contributed by atoms with Gasteiger partial charge in [0.2, 0.25) is 10.9 Å². The molecule has 2 N–H and O–H groups in total. The molecule has 1 aromatic heterocycles. The van der Waals surface area contributed by atoms with Crippen LogP contribution in [0.4, 0.5) is 0 Å². The van der Waals surface area contributed by atoms with Crippen LogP contribution in [0.25, 0.3) is 0 Å². The van der Waals surface area contributed by atoms with Crippen molar-refractivity contribution < 1.29 is 27.8 Å². The smallest absolute Gasteiger partial charge is 0.371 e. The third-order valence-electron chi connectivity index (χ3n) is 14.7. The molecular formula is C35H53NO6S. The fourth-order valence-corrected chi connectivity index (χ4v) is 14.4. The molecule has 5 fully saturated rings. The van der Waals surface area contributed by atoms with E-state index < -0.39 is 21.5 Å². The molecule has 6 rings (SSSR count). The van der Waals surface area contributed by atoms with Crippen LogP contribution >= 0.6 is 0 Å². The summed E-state index contributed by atoms with van der Waals surface area (Å²) in [4.78, 5) is 11.4. The number of hydrogen-bond donors (Lipinski definition) is 2. The van der Waals surface area contributed by atoms with Gasteiger partial charge in [-0.1, -0.05) is 32.9 Å². The van der Waals surface area contributed by atoms with Crippen molar-refractivity contribution in [3.8, 4) is 0 Å². The van der Waals surface area contributed by atoms with Crippen molar-refractivity contribution in [3.05, 3.63) is 30.0 Å². The number of nitrogens with zero attached hydrogens (tertiary/aromatic N) is 1. The molecule has 8 heteroatoms. The van der Waals surface area contributed by atoms with E-state index in [9.17, 15) is 23.4 Å². The lowest BCUT2D eigenvalue weighted by molar-refractivity contribution is -0.228. The van der Waals surface area contributed by atoms with E-state index >= 15 is 0 Å². The summed E-state index contributed by atoms with van der Waals surface area (Å²) in [7, 11) is -4.02. The SMILES string of the molecule is C=C(C)[C@@H]1CC[C@]2(CO)CC[C@]3(C)[C@H](CC[C@@H]4[C@@]5(C)CCCN(S(=O)(=O)c6ccc(C(=O)O)o6)C(C)(C)C5CC[C@]43C)[C@@H]12. The molecular weight excluding hydrogens is 562 g/mol. The molecule has 240 valence electrons. The molecule has 4 aliphatic carbocycles. The van der Waals surface area contributed by atoms with Crippen molar-refractivity contribution in [2.45, 2.75) is 116 Å². The fourth-order valence-electron chi connectivity index (χ4n) is 12.6. The monoisotopic (exact) mass is 615 g/mol. The number of aliphatic hydroxyl groups is 1. The average Bonchev–Trinajstić information content (AvgIpc) is 3.56. The highest BCUT2D eigenvalue weighted by Crippen LogP contribution is 2.76. The maximum absolute atomic E-state index is 14.0. The molecule has 9 atom stereocenters. The Hall–Kier alpha value is -1.64. The lowest BCUT2D eigenvalue weighted by Crippen LogP contribution is -2.66. The Labute approximate surface area is 258 Å². The number of carboxylic acid groups (broad SMARTS) is 1. The number of furan rings is 1. The summed E-state index contributed by atoms with van der Waals surface area (Å²) in [6.07, 6.45) is 10.6. The first-order chi connectivity index (χ1) is 20.0. The summed E-state index contributed by atoms with van der Waals surface area (Å²) in [6, 6.07) is 2.52. The van der Waals surface area contributed by atoms with Gasteiger partial charge in [-0.15, -0.1) is 0 Å². The number of aromatic carboxylic acids is 1. The van der Waals surface area contributed by atoms with E-state index in [0.717, 1.165) is 57.8 Å². The van der Waals surface area contributed by atoms with Crippen LogP contribution in [-0.4, -0.2) is 47.6 Å². The minimum Gasteiger partial charge on any atom is -0.475 e. The highest BCUT2D eigenvalue weighted by molar-refractivity contribution is 7.89. The van der Waals surface area contributed by atoms with Crippen LogP contribution in [0, 0.1) is 51.2 Å². The lowest BCUT2D eigenvalue weighted by Gasteiger charge is -2.71. The Morgan fingerprint density at radius 2 is 1.70 bits per heavy atom. The molecule has 0 radical (unpaired) electrons. The maximum atomic E-state index is 14.0. The van der Waals surface area contributed by atoms with Crippen molar-refractivity contribution in [2.75, 3.05) is 13.2 Å². The lowest BCUT2D eigenvalue weighted by atomic mass is 9.33. The van der Waals surface area contributed by atoms with Crippen molar-refractivity contribution in [1.82, 2.24) is 4.31 Å². The van der Waals surface area contributed by atoms with Crippen LogP contribution in [0.5, 0.6) is 0 Å². The van der Waals surface area contributed by atoms with Crippen molar-refractivity contribution in [1.29, 1.82) is 0 Å². The summed E-state index contributed by atoms with van der Waals surface area (Å²) in [6.45, 7) is 19.1. The first-order valence-corrected chi connectivity index (χ1v) is 18.1. The van der Waals surface area contributed by atoms with Gasteiger partial charge >= 0.3 is 5.97 Å². The summed E-state index contributed by atoms with van der Waals surface area (Å²) in [5, 5.41) is 19.9. The Bertz CT molecular complexity index is 1410. The predicted molar refractivity (Wildman–Crippen MR) is 166 cm³/mol. The van der Waals surface area contributed by atoms with Crippen LogP contribution < -0.4 is 0 Å². The van der Waals surface area contributed by atoms with E-state index in [4.69, 9.17) is 4.42 Å². The number of allylic oxidation sites excluding steroid dienone is 1. The Morgan fingerprint density at radius 3 is 2.33 bits per heavy atom. The van der Waals surface area contributed by atoms with Gasteiger partial charge in [-0.3, -0.25) is 0 Å². The Kier molecular flexibility index (Phi) is 7.24. The van der Waals surface area contributed by atoms with Gasteiger partial charge in [0.25, 0.3) is 10.0 Å². The average molecular weight is 616 g/mol. The van der Waals surface area contributed by atoms with E-state index in [1.165, 1.54) is 24.1 Å². The van der Waals surface area contributed by atoms with Gasteiger partial charge in [-0.05, 0) is 148 Å². The number of hydrogen-bond acceptors (Lipinski definition) is 5. The van der Waals surface area contributed by atoms with E-state index in [1.807, 2.05) is 0 Å². The van der Waals surface area contributed by atoms with Crippen LogP contribution in [0.1, 0.15) is 116 Å². The molecule has 1 unspecified atom stereocenters. The van der Waals surface area contributed by atoms with E-state index in [1.54, 1.807) is 4.31 Å². The third kappa shape index (κ3) is 4.10. The molecule has 5 aliphatic rings. The van der Waals surface area contributed by atoms with Crippen molar-refractivity contribution >= 4 is 16.0 Å². The second-order valence-corrected chi connectivity index (χ2v) is 18.3. The molecule has 0 bridgehead atoms. The van der Waals surface area contributed by atoms with Gasteiger partial charge in [0.15, 0.2) is 0 Å². The topological polar surface area (TPSA) is 108 Å². The summed E-state index contributed by atoms with van der Waals surface area (Å²) >= 11 is 0. The summed E-state index contributed by atoms with van der Waals surface area (Å²) < 4.78 is 35.0. The van der Waals surface area contributed by atoms with Crippen LogP contribution in [0.2, 0.25) is 0 Å². The molecule has 43 heavy (non-hydrogen) atoms. The molecule has 1 saturated heterocycles. The molecule has 0 amide bonds. The van der Waals surface area contributed by atoms with E-state index in [0.29, 0.717) is 30.2 Å². The highest BCUT2D eigenvalue weighted by atomic mass is 32.2. The first-order valence-electron chi connectivity index (χ1n) is 16.6. The van der Waals surface area contributed by atoms with Gasteiger partial charge in [0.1, 0.15) is 0 Å². The normalized spacial score (nSPS) is 44.4. The molecule has 0 aromatic carbocycles. The highest BCUT2D eigenvalue weighted by Gasteiger charge is 2.70. The predicted octanol–water partition coefficient (Wildman–Crippen LogP) is 7.37. The maximum Gasteiger partial charge on any atom is 0.371 e. The first kappa shape index (κ1) is 31.3. The van der Waals surface area contributed by atoms with Crippen LogP contribution in [-0.2, 0) is 10.0 Å². The minimum atomic E-state index is -4.02. The number of sulfonamides is 1. The molecule has 7 nitrogen and oxygen atoms in total. The van der Waals surface area contributed by atoms with Gasteiger partial charge in [-0.25, -0.2) is 13.2 Å². The number of aliphatic hydroxyl groups excluding tert-OH is 1. The van der Waals surface area contributed by atoms with Gasteiger partial charge < -0.3 is 14.6 Å². The third-order valence-corrected chi connectivity index (χ3v) is 16.7. The summed E-state index contributed by atoms with van der Waals surface area (Å²) in [5.41, 5.74) is 0.921. The van der Waals surface area contributed by atoms with Crippen molar-refractivity contribution in [3.63, 3.8) is 0 Å². The summed E-state index contributed by atoms with van der Waals surface area (Å²) in [5.74, 6) is 0.566. The molecule has 1 aromatic rings. The van der Waals surface area contributed by atoms with Crippen LogP contribution in [0.3, 0.4) is 0 Å². The number of carbonyl (C=O) groups is 1. The van der Waals surface area contributed by atoms with Gasteiger partial charge in [0.05, 0.1) is 0 Å². The molecule has 1 aliphatic heterocycles. The van der Waals surface area contributed by atoms with Gasteiger partial charge in [-0.2, -0.15) is 4.31 Å². The van der Waals surface area contributed by atoms with Gasteiger partial charge in [0, 0.05) is 18.7 Å². The fraction of sp³-hybridized carbons (Fsp3) is 0.800. The molecule has 4 saturated carbocycles. The van der Waals surface area contributed by atoms with E-state index in [-0.39, 0.29) is 45.0 Å². The second kappa shape index (κ2) is 9.93. The zero-order chi connectivity index (χ0) is 31.4. The standard InChI is InChI=1S/C35H53NO6S/c1-22(2)23-13-17-35(21-37)19-18-33(6)24(29(23)35)9-11-27-32(5)15-8-20-36(31(3,4)26(32)14-16-34(27,33)7)43(40,41)28-12-10-25(42-28)30(38)39/h10,12,23-24,26-27,29,37H,1,8-9,11,13-21H2,2-7H3,(H,38,39)/t23-,24+,26?,27+,29+,32-,33+,34+,35+/m0/s1. The number of carboxylic acids is 1. The zero-order valence-electron chi connectivity index (χ0n) is 27.1. The zero-order valence-corrected chi connectivity index (χ0v) is 27.9.